The fourth-order valence-electron chi connectivity index (χ4n) is 1.62. The van der Waals surface area contributed by atoms with Crippen molar-refractivity contribution in [1.82, 2.24) is 15.0 Å². The molecule has 0 bridgehead atoms. The van der Waals surface area contributed by atoms with Crippen LogP contribution in [-0.2, 0) is 0 Å². The molecule has 0 saturated heterocycles. The third-order valence-electron chi connectivity index (χ3n) is 2.47. The van der Waals surface area contributed by atoms with Gasteiger partial charge < -0.3 is 4.74 Å². The van der Waals surface area contributed by atoms with Gasteiger partial charge >= 0.3 is 0 Å². The minimum Gasteiger partial charge on any atom is -0.436 e. The van der Waals surface area contributed by atoms with Gasteiger partial charge in [-0.25, -0.2) is 4.98 Å². The Hall–Kier alpha value is -2.27. The Balaban J connectivity index is 1.98. The smallest absolute Gasteiger partial charge is 0.260 e. The summed E-state index contributed by atoms with van der Waals surface area (Å²) in [5.41, 5.74) is 0.751. The molecule has 0 N–H and O–H groups in total. The lowest BCUT2D eigenvalue weighted by atomic mass is 10.2. The Labute approximate surface area is 112 Å². The number of aromatic nitrogens is 3. The second-order valence-electron chi connectivity index (χ2n) is 3.75. The van der Waals surface area contributed by atoms with E-state index in [2.05, 4.69) is 15.0 Å². The van der Waals surface area contributed by atoms with Crippen molar-refractivity contribution in [1.29, 1.82) is 0 Å². The van der Waals surface area contributed by atoms with Crippen LogP contribution >= 0.6 is 11.6 Å². The van der Waals surface area contributed by atoms with Crippen LogP contribution in [0.5, 0.6) is 11.6 Å². The second-order valence-corrected chi connectivity index (χ2v) is 4.09. The second kappa shape index (κ2) is 4.78. The topological polar surface area (TPSA) is 47.9 Å². The largest absolute Gasteiger partial charge is 0.436 e. The molecule has 2 heterocycles. The SMILES string of the molecule is Fc1cnc(Cl)nc1Oc1ccc2cccnc2c1. The van der Waals surface area contributed by atoms with Gasteiger partial charge in [0.25, 0.3) is 5.88 Å². The lowest BCUT2D eigenvalue weighted by Gasteiger charge is -2.06. The lowest BCUT2D eigenvalue weighted by Crippen LogP contribution is -1.94. The maximum atomic E-state index is 13.4. The van der Waals surface area contributed by atoms with Crippen LogP contribution in [0.15, 0.2) is 42.7 Å². The minimum absolute atomic E-state index is 0.0738. The molecule has 0 saturated carbocycles. The highest BCUT2D eigenvalue weighted by molar-refractivity contribution is 6.28. The van der Waals surface area contributed by atoms with Gasteiger partial charge in [-0.15, -0.1) is 0 Å². The summed E-state index contributed by atoms with van der Waals surface area (Å²) in [6.07, 6.45) is 2.64. The van der Waals surface area contributed by atoms with Crippen LogP contribution in [0, 0.1) is 5.82 Å². The zero-order valence-electron chi connectivity index (χ0n) is 9.55. The van der Waals surface area contributed by atoms with Crippen molar-refractivity contribution >= 4 is 22.5 Å². The molecule has 0 radical (unpaired) electrons. The van der Waals surface area contributed by atoms with E-state index in [1.54, 1.807) is 18.3 Å². The Kier molecular flexibility index (Phi) is 2.97. The predicted octanol–water partition coefficient (Wildman–Crippen LogP) is 3.61. The van der Waals surface area contributed by atoms with Crippen molar-refractivity contribution in [3.63, 3.8) is 0 Å². The highest BCUT2D eigenvalue weighted by atomic mass is 35.5. The third-order valence-corrected chi connectivity index (χ3v) is 2.66. The van der Waals surface area contributed by atoms with Gasteiger partial charge in [0.15, 0.2) is 0 Å². The van der Waals surface area contributed by atoms with Crippen LogP contribution in [0.2, 0.25) is 5.28 Å². The molecule has 0 unspecified atom stereocenters. The van der Waals surface area contributed by atoms with Crippen LogP contribution in [0.25, 0.3) is 10.9 Å². The van der Waals surface area contributed by atoms with Crippen molar-refractivity contribution in [2.45, 2.75) is 0 Å². The fraction of sp³-hybridized carbons (Fsp3) is 0. The first-order valence-electron chi connectivity index (χ1n) is 5.43. The third kappa shape index (κ3) is 2.46. The van der Waals surface area contributed by atoms with E-state index in [1.165, 1.54) is 0 Å². The van der Waals surface area contributed by atoms with Crippen LogP contribution in [0.3, 0.4) is 0 Å². The van der Waals surface area contributed by atoms with Crippen LogP contribution < -0.4 is 4.74 Å². The van der Waals surface area contributed by atoms with Crippen molar-refractivity contribution in [3.8, 4) is 11.6 Å². The first-order chi connectivity index (χ1) is 9.22. The minimum atomic E-state index is -0.675. The molecule has 0 aliphatic heterocycles. The van der Waals surface area contributed by atoms with E-state index in [0.717, 1.165) is 17.1 Å². The van der Waals surface area contributed by atoms with Crippen molar-refractivity contribution in [3.05, 3.63) is 53.8 Å². The van der Waals surface area contributed by atoms with E-state index in [4.69, 9.17) is 16.3 Å². The van der Waals surface area contributed by atoms with E-state index < -0.39 is 5.82 Å². The number of benzene rings is 1. The summed E-state index contributed by atoms with van der Waals surface area (Å²) < 4.78 is 18.8. The van der Waals surface area contributed by atoms with Crippen molar-refractivity contribution < 1.29 is 9.13 Å². The zero-order valence-corrected chi connectivity index (χ0v) is 10.3. The summed E-state index contributed by atoms with van der Waals surface area (Å²) in [6, 6.07) is 9.00. The molecule has 0 amide bonds. The molecule has 3 rings (SSSR count). The average Bonchev–Trinajstić information content (AvgIpc) is 2.43. The van der Waals surface area contributed by atoms with Gasteiger partial charge in [-0.05, 0) is 29.8 Å². The lowest BCUT2D eigenvalue weighted by molar-refractivity contribution is 0.420. The molecule has 94 valence electrons. The molecular weight excluding hydrogens is 269 g/mol. The molecule has 1 aromatic carbocycles. The number of ether oxygens (including phenoxy) is 1. The highest BCUT2D eigenvalue weighted by Crippen LogP contribution is 2.25. The summed E-state index contributed by atoms with van der Waals surface area (Å²) in [4.78, 5) is 11.4. The van der Waals surface area contributed by atoms with Crippen molar-refractivity contribution in [2.24, 2.45) is 0 Å². The van der Waals surface area contributed by atoms with Gasteiger partial charge in [0.2, 0.25) is 11.1 Å². The first kappa shape index (κ1) is 11.8. The Morgan fingerprint density at radius 3 is 2.95 bits per heavy atom. The number of hydrogen-bond acceptors (Lipinski definition) is 4. The maximum Gasteiger partial charge on any atom is 0.260 e. The van der Waals surface area contributed by atoms with Crippen LogP contribution in [0.4, 0.5) is 4.39 Å². The molecule has 0 aliphatic rings. The van der Waals surface area contributed by atoms with E-state index in [1.807, 2.05) is 18.2 Å². The molecule has 19 heavy (non-hydrogen) atoms. The zero-order chi connectivity index (χ0) is 13.2. The standard InChI is InChI=1S/C13H7ClFN3O/c14-13-17-7-10(15)12(18-13)19-9-4-3-8-2-1-5-16-11(8)6-9/h1-7H. The molecule has 0 spiro atoms. The number of pyridine rings is 1. The normalized spacial score (nSPS) is 10.6. The summed E-state index contributed by atoms with van der Waals surface area (Å²) in [6.45, 7) is 0. The maximum absolute atomic E-state index is 13.4. The monoisotopic (exact) mass is 275 g/mol. The summed E-state index contributed by atoms with van der Waals surface area (Å²) in [7, 11) is 0. The molecule has 0 fully saturated rings. The van der Waals surface area contributed by atoms with E-state index in [0.29, 0.717) is 5.75 Å². The van der Waals surface area contributed by atoms with Gasteiger partial charge in [-0.1, -0.05) is 6.07 Å². The summed E-state index contributed by atoms with van der Waals surface area (Å²) in [5.74, 6) is -0.458. The number of fused-ring (bicyclic) bond motifs is 1. The molecular formula is C13H7ClFN3O. The molecule has 0 aliphatic carbocycles. The predicted molar refractivity (Wildman–Crippen MR) is 68.8 cm³/mol. The molecule has 2 aromatic heterocycles. The number of nitrogens with zero attached hydrogens (tertiary/aromatic N) is 3. The van der Waals surface area contributed by atoms with Crippen LogP contribution in [-0.4, -0.2) is 15.0 Å². The molecule has 0 atom stereocenters. The average molecular weight is 276 g/mol. The highest BCUT2D eigenvalue weighted by Gasteiger charge is 2.09. The number of halogens is 2. The van der Waals surface area contributed by atoms with Gasteiger partial charge in [0.05, 0.1) is 11.7 Å². The van der Waals surface area contributed by atoms with Gasteiger partial charge in [-0.2, -0.15) is 9.37 Å². The van der Waals surface area contributed by atoms with Crippen molar-refractivity contribution in [2.75, 3.05) is 0 Å². The molecule has 4 nitrogen and oxygen atoms in total. The molecule has 6 heteroatoms. The molecule has 3 aromatic rings. The van der Waals surface area contributed by atoms with Gasteiger partial charge in [-0.3, -0.25) is 4.98 Å². The quantitative estimate of drug-likeness (QED) is 0.670. The first-order valence-corrected chi connectivity index (χ1v) is 5.81. The Morgan fingerprint density at radius 2 is 2.05 bits per heavy atom. The van der Waals surface area contributed by atoms with Crippen LogP contribution in [0.1, 0.15) is 0 Å². The Bertz CT molecular complexity index is 751. The summed E-state index contributed by atoms with van der Waals surface area (Å²) >= 11 is 5.60. The van der Waals surface area contributed by atoms with E-state index >= 15 is 0 Å². The van der Waals surface area contributed by atoms with Gasteiger partial charge in [0, 0.05) is 17.6 Å². The van der Waals surface area contributed by atoms with E-state index in [9.17, 15) is 4.39 Å². The van der Waals surface area contributed by atoms with E-state index in [-0.39, 0.29) is 11.2 Å². The number of rotatable bonds is 2. The van der Waals surface area contributed by atoms with Gasteiger partial charge in [0.1, 0.15) is 5.75 Å². The Morgan fingerprint density at radius 1 is 1.16 bits per heavy atom. The fourth-order valence-corrected chi connectivity index (χ4v) is 1.75. The summed E-state index contributed by atoms with van der Waals surface area (Å²) in [5, 5.41) is 0.895. The number of hydrogen-bond donors (Lipinski definition) is 0.